The molecule has 2 N–H and O–H groups in total. The van der Waals surface area contributed by atoms with E-state index in [1.807, 2.05) is 59.8 Å². The van der Waals surface area contributed by atoms with Crippen molar-refractivity contribution in [1.82, 2.24) is 20.1 Å². The van der Waals surface area contributed by atoms with E-state index in [1.54, 1.807) is 0 Å². The normalized spacial score (nSPS) is 13.8. The summed E-state index contributed by atoms with van der Waals surface area (Å²) in [5.41, 5.74) is 3.95. The maximum absolute atomic E-state index is 12.8. The number of amides is 2. The molecule has 0 unspecified atom stereocenters. The fourth-order valence-electron chi connectivity index (χ4n) is 3.66. The van der Waals surface area contributed by atoms with Gasteiger partial charge < -0.3 is 10.2 Å². The molecule has 2 aromatic carbocycles. The molecule has 6 nitrogen and oxygen atoms in total. The summed E-state index contributed by atoms with van der Waals surface area (Å²) in [5, 5.41) is 13.2. The number of hydrogen-bond acceptors (Lipinski definition) is 3. The number of aromatic amines is 1. The molecule has 0 atom stereocenters. The summed E-state index contributed by atoms with van der Waals surface area (Å²) in [6, 6.07) is 13.9. The van der Waals surface area contributed by atoms with E-state index in [4.69, 9.17) is 0 Å². The third-order valence-electron chi connectivity index (χ3n) is 4.99. The van der Waals surface area contributed by atoms with Crippen LogP contribution in [0.4, 0.5) is 10.5 Å². The van der Waals surface area contributed by atoms with Crippen LogP contribution in [0.25, 0.3) is 21.8 Å². The lowest BCUT2D eigenvalue weighted by atomic mass is 9.99. The standard InChI is InChI=1S/C20H17N5O/c26-20(23-18-7-3-5-13-4-1-2-6-16(13)18)25-9-8-15-14(12-25)10-21-19-17(15)11-22-24-19/h1-7,10-11H,8-9,12H2,(H,23,26)(H,21,22,24). The number of carbonyl (C=O) groups is 1. The van der Waals surface area contributed by atoms with Gasteiger partial charge in [-0.25, -0.2) is 9.78 Å². The predicted octanol–water partition coefficient (Wildman–Crippen LogP) is 3.70. The molecule has 0 saturated carbocycles. The second-order valence-corrected chi connectivity index (χ2v) is 6.52. The quantitative estimate of drug-likeness (QED) is 0.553. The minimum absolute atomic E-state index is 0.0840. The van der Waals surface area contributed by atoms with Crippen molar-refractivity contribution in [2.75, 3.05) is 11.9 Å². The van der Waals surface area contributed by atoms with Crippen LogP contribution < -0.4 is 5.32 Å². The lowest BCUT2D eigenvalue weighted by Gasteiger charge is -2.29. The lowest BCUT2D eigenvalue weighted by molar-refractivity contribution is 0.206. The van der Waals surface area contributed by atoms with E-state index in [-0.39, 0.29) is 6.03 Å². The minimum atomic E-state index is -0.0840. The molecular weight excluding hydrogens is 326 g/mol. The number of carbonyl (C=O) groups excluding carboxylic acids is 1. The van der Waals surface area contributed by atoms with Crippen LogP contribution in [0.15, 0.2) is 54.9 Å². The number of urea groups is 1. The molecule has 2 amide bonds. The summed E-state index contributed by atoms with van der Waals surface area (Å²) in [6.07, 6.45) is 4.46. The average molecular weight is 343 g/mol. The summed E-state index contributed by atoms with van der Waals surface area (Å²) >= 11 is 0. The second kappa shape index (κ2) is 5.84. The SMILES string of the molecule is O=C(Nc1cccc2ccccc12)N1CCc2c(cnc3[nH]ncc23)C1. The third-order valence-corrected chi connectivity index (χ3v) is 4.99. The van der Waals surface area contributed by atoms with Crippen molar-refractivity contribution in [3.05, 3.63) is 66.0 Å². The van der Waals surface area contributed by atoms with Crippen LogP contribution in [0.5, 0.6) is 0 Å². The molecule has 1 aliphatic rings. The summed E-state index contributed by atoms with van der Waals surface area (Å²) < 4.78 is 0. The number of hydrogen-bond donors (Lipinski definition) is 2. The number of H-pyrrole nitrogens is 1. The molecule has 26 heavy (non-hydrogen) atoms. The number of nitrogens with one attached hydrogen (secondary N) is 2. The Balaban J connectivity index is 1.41. The highest BCUT2D eigenvalue weighted by Crippen LogP contribution is 2.27. The van der Waals surface area contributed by atoms with Crippen LogP contribution in [0.3, 0.4) is 0 Å². The molecule has 0 fully saturated rings. The largest absolute Gasteiger partial charge is 0.322 e. The first-order chi connectivity index (χ1) is 12.8. The van der Waals surface area contributed by atoms with Gasteiger partial charge in [-0.2, -0.15) is 5.10 Å². The molecule has 2 aromatic heterocycles. The van der Waals surface area contributed by atoms with Crippen LogP contribution in [0.2, 0.25) is 0 Å². The molecule has 6 heteroatoms. The molecule has 0 aliphatic carbocycles. The fourth-order valence-corrected chi connectivity index (χ4v) is 3.66. The maximum atomic E-state index is 12.8. The van der Waals surface area contributed by atoms with E-state index in [0.29, 0.717) is 13.1 Å². The van der Waals surface area contributed by atoms with Gasteiger partial charge in [-0.3, -0.25) is 5.10 Å². The Hall–Kier alpha value is -3.41. The fraction of sp³-hybridized carbons (Fsp3) is 0.150. The summed E-state index contributed by atoms with van der Waals surface area (Å²) in [5.74, 6) is 0. The van der Waals surface area contributed by atoms with Crippen molar-refractivity contribution in [3.63, 3.8) is 0 Å². The summed E-state index contributed by atoms with van der Waals surface area (Å²) in [7, 11) is 0. The highest BCUT2D eigenvalue weighted by molar-refractivity contribution is 6.01. The van der Waals surface area contributed by atoms with Crippen LogP contribution in [-0.2, 0) is 13.0 Å². The van der Waals surface area contributed by atoms with Gasteiger partial charge in [-0.05, 0) is 29.0 Å². The molecule has 3 heterocycles. The summed E-state index contributed by atoms with van der Waals surface area (Å²) in [6.45, 7) is 1.23. The Kier molecular flexibility index (Phi) is 3.35. The first-order valence-corrected chi connectivity index (χ1v) is 8.63. The van der Waals surface area contributed by atoms with Crippen molar-refractivity contribution < 1.29 is 4.79 Å². The van der Waals surface area contributed by atoms with E-state index in [1.165, 1.54) is 5.56 Å². The molecule has 1 aliphatic heterocycles. The smallest absolute Gasteiger partial charge is 0.320 e. The molecule has 128 valence electrons. The first kappa shape index (κ1) is 14.9. The Morgan fingerprint density at radius 2 is 1.96 bits per heavy atom. The number of aromatic nitrogens is 3. The minimum Gasteiger partial charge on any atom is -0.320 e. The van der Waals surface area contributed by atoms with Gasteiger partial charge in [0.05, 0.1) is 11.9 Å². The van der Waals surface area contributed by atoms with Gasteiger partial charge in [-0.15, -0.1) is 0 Å². The highest BCUT2D eigenvalue weighted by Gasteiger charge is 2.23. The van der Waals surface area contributed by atoms with Gasteiger partial charge in [0.15, 0.2) is 5.65 Å². The van der Waals surface area contributed by atoms with Crippen molar-refractivity contribution in [2.24, 2.45) is 0 Å². The topological polar surface area (TPSA) is 73.9 Å². The first-order valence-electron chi connectivity index (χ1n) is 8.63. The van der Waals surface area contributed by atoms with Gasteiger partial charge in [-0.1, -0.05) is 36.4 Å². The Labute approximate surface area is 149 Å². The number of anilines is 1. The predicted molar refractivity (Wildman–Crippen MR) is 101 cm³/mol. The maximum Gasteiger partial charge on any atom is 0.322 e. The molecule has 5 rings (SSSR count). The van der Waals surface area contributed by atoms with Crippen LogP contribution in [-0.4, -0.2) is 32.7 Å². The lowest BCUT2D eigenvalue weighted by Crippen LogP contribution is -2.39. The molecule has 0 radical (unpaired) electrons. The number of nitrogens with zero attached hydrogens (tertiary/aromatic N) is 3. The van der Waals surface area contributed by atoms with Gasteiger partial charge in [0.1, 0.15) is 0 Å². The van der Waals surface area contributed by atoms with Crippen LogP contribution in [0, 0.1) is 0 Å². The van der Waals surface area contributed by atoms with E-state index >= 15 is 0 Å². The molecule has 0 saturated heterocycles. The highest BCUT2D eigenvalue weighted by atomic mass is 16.2. The number of fused-ring (bicyclic) bond motifs is 4. The van der Waals surface area contributed by atoms with Gasteiger partial charge in [0.25, 0.3) is 0 Å². The van der Waals surface area contributed by atoms with Gasteiger partial charge in [0.2, 0.25) is 0 Å². The molecular formula is C20H17N5O. The van der Waals surface area contributed by atoms with Crippen LogP contribution in [0.1, 0.15) is 11.1 Å². The third kappa shape index (κ3) is 2.38. The van der Waals surface area contributed by atoms with Gasteiger partial charge in [0, 0.05) is 30.1 Å². The molecule has 0 bridgehead atoms. The van der Waals surface area contributed by atoms with Gasteiger partial charge >= 0.3 is 6.03 Å². The number of rotatable bonds is 1. The van der Waals surface area contributed by atoms with Crippen molar-refractivity contribution in [2.45, 2.75) is 13.0 Å². The van der Waals surface area contributed by atoms with E-state index in [0.717, 1.165) is 39.5 Å². The average Bonchev–Trinajstić information content (AvgIpc) is 3.17. The second-order valence-electron chi connectivity index (χ2n) is 6.52. The van der Waals surface area contributed by atoms with E-state index < -0.39 is 0 Å². The summed E-state index contributed by atoms with van der Waals surface area (Å²) in [4.78, 5) is 19.0. The number of pyridine rings is 1. The monoisotopic (exact) mass is 343 g/mol. The number of benzene rings is 2. The van der Waals surface area contributed by atoms with Crippen molar-refractivity contribution >= 4 is 33.5 Å². The zero-order valence-electron chi connectivity index (χ0n) is 14.1. The Morgan fingerprint density at radius 1 is 1.08 bits per heavy atom. The Morgan fingerprint density at radius 3 is 2.92 bits per heavy atom. The van der Waals surface area contributed by atoms with Crippen molar-refractivity contribution in [1.29, 1.82) is 0 Å². The Bertz CT molecular complexity index is 1130. The van der Waals surface area contributed by atoms with E-state index in [2.05, 4.69) is 20.5 Å². The zero-order valence-corrected chi connectivity index (χ0v) is 14.1. The van der Waals surface area contributed by atoms with Crippen molar-refractivity contribution in [3.8, 4) is 0 Å². The van der Waals surface area contributed by atoms with E-state index in [9.17, 15) is 4.79 Å². The van der Waals surface area contributed by atoms with Crippen LogP contribution >= 0.6 is 0 Å². The molecule has 0 spiro atoms. The molecule has 4 aromatic rings. The zero-order chi connectivity index (χ0) is 17.5.